The van der Waals surface area contributed by atoms with Crippen LogP contribution in [0.4, 0.5) is 0 Å². The fourth-order valence-electron chi connectivity index (χ4n) is 1.56. The standard InChI is InChI=1S/C10H13N3O/c11-5-8(12)6-1-2-9-7(10(6)14)3-4-13-9/h1-4,8,13-14H,5,11-12H2/t8-/m1/s1. The Hall–Kier alpha value is -1.52. The first-order valence-electron chi connectivity index (χ1n) is 4.48. The number of hydrogen-bond donors (Lipinski definition) is 4. The Morgan fingerprint density at radius 1 is 1.36 bits per heavy atom. The summed E-state index contributed by atoms with van der Waals surface area (Å²) in [6.07, 6.45) is 1.78. The third-order valence-electron chi connectivity index (χ3n) is 2.39. The molecule has 0 saturated carbocycles. The lowest BCUT2D eigenvalue weighted by molar-refractivity contribution is 0.468. The van der Waals surface area contributed by atoms with E-state index in [1.807, 2.05) is 12.1 Å². The van der Waals surface area contributed by atoms with E-state index in [-0.39, 0.29) is 11.8 Å². The van der Waals surface area contributed by atoms with Gasteiger partial charge in [0.2, 0.25) is 0 Å². The van der Waals surface area contributed by atoms with Gasteiger partial charge in [-0.25, -0.2) is 0 Å². The average Bonchev–Trinajstić information content (AvgIpc) is 2.66. The monoisotopic (exact) mass is 191 g/mol. The van der Waals surface area contributed by atoms with Gasteiger partial charge < -0.3 is 21.6 Å². The minimum atomic E-state index is -0.311. The number of fused-ring (bicyclic) bond motifs is 1. The Labute approximate surface area is 81.5 Å². The highest BCUT2D eigenvalue weighted by atomic mass is 16.3. The molecule has 2 rings (SSSR count). The van der Waals surface area contributed by atoms with Gasteiger partial charge >= 0.3 is 0 Å². The van der Waals surface area contributed by atoms with E-state index >= 15 is 0 Å². The van der Waals surface area contributed by atoms with Crippen molar-refractivity contribution < 1.29 is 5.11 Å². The normalized spacial score (nSPS) is 13.3. The highest BCUT2D eigenvalue weighted by molar-refractivity contribution is 5.87. The minimum Gasteiger partial charge on any atom is -0.507 e. The van der Waals surface area contributed by atoms with E-state index in [9.17, 15) is 5.11 Å². The second kappa shape index (κ2) is 3.32. The number of rotatable bonds is 2. The van der Waals surface area contributed by atoms with Crippen molar-refractivity contribution in [3.05, 3.63) is 30.0 Å². The molecule has 0 fully saturated rings. The molecule has 6 N–H and O–H groups in total. The van der Waals surface area contributed by atoms with Crippen LogP contribution in [0.5, 0.6) is 5.75 Å². The summed E-state index contributed by atoms with van der Waals surface area (Å²) in [6.45, 7) is 0.323. The van der Waals surface area contributed by atoms with Crippen LogP contribution in [0.1, 0.15) is 11.6 Å². The molecule has 1 atom stereocenters. The van der Waals surface area contributed by atoms with E-state index in [0.717, 1.165) is 10.9 Å². The lowest BCUT2D eigenvalue weighted by Gasteiger charge is -2.11. The van der Waals surface area contributed by atoms with Crippen LogP contribution < -0.4 is 11.5 Å². The quantitative estimate of drug-likeness (QED) is 0.567. The van der Waals surface area contributed by atoms with Gasteiger partial charge in [0.15, 0.2) is 0 Å². The Balaban J connectivity index is 2.61. The third-order valence-corrected chi connectivity index (χ3v) is 2.39. The molecule has 1 aromatic carbocycles. The van der Waals surface area contributed by atoms with Crippen LogP contribution in [0.3, 0.4) is 0 Å². The maximum Gasteiger partial charge on any atom is 0.129 e. The van der Waals surface area contributed by atoms with Crippen molar-refractivity contribution in [2.24, 2.45) is 11.5 Å². The van der Waals surface area contributed by atoms with Crippen molar-refractivity contribution in [2.45, 2.75) is 6.04 Å². The Morgan fingerprint density at radius 3 is 2.86 bits per heavy atom. The average molecular weight is 191 g/mol. The van der Waals surface area contributed by atoms with Crippen LogP contribution >= 0.6 is 0 Å². The fourth-order valence-corrected chi connectivity index (χ4v) is 1.56. The van der Waals surface area contributed by atoms with Crippen LogP contribution in [-0.2, 0) is 0 Å². The second-order valence-corrected chi connectivity index (χ2v) is 3.28. The lowest BCUT2D eigenvalue weighted by Crippen LogP contribution is -2.20. The van der Waals surface area contributed by atoms with E-state index in [1.54, 1.807) is 12.3 Å². The molecular weight excluding hydrogens is 178 g/mol. The number of aromatic nitrogens is 1. The predicted octanol–water partition coefficient (Wildman–Crippen LogP) is 0.832. The first-order chi connectivity index (χ1) is 6.74. The van der Waals surface area contributed by atoms with Crippen molar-refractivity contribution in [2.75, 3.05) is 6.54 Å². The molecule has 0 amide bonds. The van der Waals surface area contributed by atoms with Crippen LogP contribution in [-0.4, -0.2) is 16.6 Å². The van der Waals surface area contributed by atoms with Crippen LogP contribution in [0, 0.1) is 0 Å². The van der Waals surface area contributed by atoms with E-state index in [2.05, 4.69) is 4.98 Å². The molecule has 4 heteroatoms. The van der Waals surface area contributed by atoms with E-state index in [0.29, 0.717) is 12.1 Å². The molecule has 74 valence electrons. The minimum absolute atomic E-state index is 0.224. The highest BCUT2D eigenvalue weighted by Gasteiger charge is 2.11. The summed E-state index contributed by atoms with van der Waals surface area (Å²) in [6, 6.07) is 5.19. The molecule has 14 heavy (non-hydrogen) atoms. The number of aromatic amines is 1. The molecule has 0 unspecified atom stereocenters. The SMILES string of the molecule is NC[C@@H](N)c1ccc2[nH]ccc2c1O. The first-order valence-corrected chi connectivity index (χ1v) is 4.48. The molecule has 4 nitrogen and oxygen atoms in total. The smallest absolute Gasteiger partial charge is 0.129 e. The molecule has 2 aromatic rings. The number of phenols is 1. The Morgan fingerprint density at radius 2 is 2.14 bits per heavy atom. The van der Waals surface area contributed by atoms with Gasteiger partial charge in [0.25, 0.3) is 0 Å². The van der Waals surface area contributed by atoms with Crippen LogP contribution in [0.2, 0.25) is 0 Å². The summed E-state index contributed by atoms with van der Waals surface area (Å²) in [5.74, 6) is 0.224. The van der Waals surface area contributed by atoms with Gasteiger partial charge in [-0.15, -0.1) is 0 Å². The zero-order valence-corrected chi connectivity index (χ0v) is 7.70. The molecule has 0 aliphatic carbocycles. The molecule has 0 saturated heterocycles. The molecule has 0 aliphatic rings. The number of nitrogens with one attached hydrogen (secondary N) is 1. The maximum atomic E-state index is 9.88. The highest BCUT2D eigenvalue weighted by Crippen LogP contribution is 2.30. The topological polar surface area (TPSA) is 88.1 Å². The summed E-state index contributed by atoms with van der Waals surface area (Å²) in [5.41, 5.74) is 12.8. The number of hydrogen-bond acceptors (Lipinski definition) is 3. The van der Waals surface area contributed by atoms with Crippen molar-refractivity contribution in [3.8, 4) is 5.75 Å². The zero-order chi connectivity index (χ0) is 10.1. The molecule has 0 spiro atoms. The molecule has 0 bridgehead atoms. The van der Waals surface area contributed by atoms with E-state index in [1.165, 1.54) is 0 Å². The van der Waals surface area contributed by atoms with Gasteiger partial charge in [-0.2, -0.15) is 0 Å². The van der Waals surface area contributed by atoms with Gasteiger partial charge in [0, 0.05) is 35.2 Å². The third kappa shape index (κ3) is 1.25. The van der Waals surface area contributed by atoms with Crippen molar-refractivity contribution in [3.63, 3.8) is 0 Å². The summed E-state index contributed by atoms with van der Waals surface area (Å²) < 4.78 is 0. The lowest BCUT2D eigenvalue weighted by atomic mass is 10.0. The number of H-pyrrole nitrogens is 1. The predicted molar refractivity (Wildman–Crippen MR) is 55.9 cm³/mol. The van der Waals surface area contributed by atoms with Crippen LogP contribution in [0.15, 0.2) is 24.4 Å². The molecule has 1 aromatic heterocycles. The Kier molecular flexibility index (Phi) is 2.15. The summed E-state index contributed by atoms with van der Waals surface area (Å²) >= 11 is 0. The van der Waals surface area contributed by atoms with E-state index < -0.39 is 0 Å². The van der Waals surface area contributed by atoms with E-state index in [4.69, 9.17) is 11.5 Å². The van der Waals surface area contributed by atoms with Crippen molar-refractivity contribution >= 4 is 10.9 Å². The number of nitrogens with two attached hydrogens (primary N) is 2. The van der Waals surface area contributed by atoms with Crippen molar-refractivity contribution in [1.29, 1.82) is 0 Å². The van der Waals surface area contributed by atoms with Crippen molar-refractivity contribution in [1.82, 2.24) is 4.98 Å². The second-order valence-electron chi connectivity index (χ2n) is 3.28. The van der Waals surface area contributed by atoms with Gasteiger partial charge in [-0.1, -0.05) is 6.07 Å². The van der Waals surface area contributed by atoms with Gasteiger partial charge in [-0.05, 0) is 12.1 Å². The number of phenolic OH excluding ortho intramolecular Hbond substituents is 1. The largest absolute Gasteiger partial charge is 0.507 e. The molecular formula is C10H13N3O. The zero-order valence-electron chi connectivity index (χ0n) is 7.70. The summed E-state index contributed by atoms with van der Waals surface area (Å²) in [7, 11) is 0. The Bertz CT molecular complexity index is 450. The van der Waals surface area contributed by atoms with Gasteiger partial charge in [0.1, 0.15) is 5.75 Å². The maximum absolute atomic E-state index is 9.88. The molecule has 0 aliphatic heterocycles. The molecule has 1 heterocycles. The van der Waals surface area contributed by atoms with Gasteiger partial charge in [0.05, 0.1) is 0 Å². The number of aromatic hydroxyl groups is 1. The summed E-state index contributed by atoms with van der Waals surface area (Å²) in [4.78, 5) is 3.01. The summed E-state index contributed by atoms with van der Waals surface area (Å²) in [5, 5.41) is 10.7. The van der Waals surface area contributed by atoms with Crippen LogP contribution in [0.25, 0.3) is 10.9 Å². The molecule has 0 radical (unpaired) electrons. The number of benzene rings is 1. The van der Waals surface area contributed by atoms with Gasteiger partial charge in [-0.3, -0.25) is 0 Å². The fraction of sp³-hybridized carbons (Fsp3) is 0.200. The first kappa shape index (κ1) is 9.05.